The highest BCUT2D eigenvalue weighted by Gasteiger charge is 2.36. The molecule has 0 aromatic carbocycles. The first-order valence-electron chi connectivity index (χ1n) is 12.0. The molecule has 1 rings (SSSR count). The van der Waals surface area contributed by atoms with Crippen molar-refractivity contribution in [1.29, 1.82) is 0 Å². The molecule has 11 heteroatoms. The van der Waals surface area contributed by atoms with E-state index in [1.54, 1.807) is 26.0 Å². The molecule has 10 nitrogen and oxygen atoms in total. The maximum absolute atomic E-state index is 13.6. The highest BCUT2D eigenvalue weighted by atomic mass is 32.1. The van der Waals surface area contributed by atoms with Crippen molar-refractivity contribution >= 4 is 29.1 Å². The van der Waals surface area contributed by atoms with Crippen molar-refractivity contribution in [3.63, 3.8) is 0 Å². The van der Waals surface area contributed by atoms with Crippen LogP contribution >= 0.6 is 11.3 Å². The minimum atomic E-state index is -1.16. The van der Waals surface area contributed by atoms with E-state index in [-0.39, 0.29) is 47.7 Å². The zero-order chi connectivity index (χ0) is 27.0. The number of nitrogens with one attached hydrogen (secondary N) is 1. The number of hydrogen-bond donors (Lipinski definition) is 3. The van der Waals surface area contributed by atoms with E-state index in [0.29, 0.717) is 11.4 Å². The summed E-state index contributed by atoms with van der Waals surface area (Å²) in [4.78, 5) is 49.1. The zero-order valence-corrected chi connectivity index (χ0v) is 23.1. The van der Waals surface area contributed by atoms with E-state index < -0.39 is 24.2 Å². The zero-order valence-electron chi connectivity index (χ0n) is 22.3. The summed E-state index contributed by atoms with van der Waals surface area (Å²) in [5, 5.41) is 25.9. The molecule has 0 radical (unpaired) electrons. The van der Waals surface area contributed by atoms with Crippen LogP contribution in [0.5, 0.6) is 0 Å². The molecule has 1 aromatic rings. The second-order valence-corrected chi connectivity index (χ2v) is 10.7. The Morgan fingerprint density at radius 2 is 1.71 bits per heavy atom. The van der Waals surface area contributed by atoms with Crippen molar-refractivity contribution in [2.45, 2.75) is 78.7 Å². The number of hydroxylamine groups is 2. The minimum Gasteiger partial charge on any atom is -0.476 e. The van der Waals surface area contributed by atoms with Gasteiger partial charge in [0.05, 0.1) is 0 Å². The van der Waals surface area contributed by atoms with E-state index in [1.165, 1.54) is 10.4 Å². The second-order valence-electron chi connectivity index (χ2n) is 9.84. The molecule has 200 valence electrons. The van der Waals surface area contributed by atoms with Gasteiger partial charge in [0.2, 0.25) is 5.91 Å². The van der Waals surface area contributed by atoms with Crippen molar-refractivity contribution in [3.05, 3.63) is 16.1 Å². The molecule has 0 unspecified atom stereocenters. The smallest absolute Gasteiger partial charge is 0.355 e. The lowest BCUT2D eigenvalue weighted by Crippen LogP contribution is -2.56. The molecule has 1 aromatic heterocycles. The van der Waals surface area contributed by atoms with Crippen molar-refractivity contribution in [3.8, 4) is 0 Å². The number of carbonyl (C=O) groups excluding carboxylic acids is 2. The molecular weight excluding hydrogens is 472 g/mol. The van der Waals surface area contributed by atoms with Gasteiger partial charge in [-0.25, -0.2) is 9.78 Å². The number of aliphatic hydroxyl groups is 1. The van der Waals surface area contributed by atoms with Gasteiger partial charge in [0.15, 0.2) is 11.8 Å². The summed E-state index contributed by atoms with van der Waals surface area (Å²) in [7, 11) is 5.07. The third kappa shape index (κ3) is 8.82. The number of nitrogens with zero attached hydrogens (tertiary/aromatic N) is 3. The first kappa shape index (κ1) is 31.0. The number of amides is 2. The van der Waals surface area contributed by atoms with Gasteiger partial charge in [-0.05, 0) is 17.8 Å². The summed E-state index contributed by atoms with van der Waals surface area (Å²) in [6.45, 7) is 11.5. The van der Waals surface area contributed by atoms with Crippen molar-refractivity contribution in [2.75, 3.05) is 21.1 Å². The van der Waals surface area contributed by atoms with Crippen LogP contribution in [0.4, 0.5) is 0 Å². The highest BCUT2D eigenvalue weighted by molar-refractivity contribution is 7.09. The molecule has 0 aliphatic carbocycles. The van der Waals surface area contributed by atoms with Crippen molar-refractivity contribution in [2.24, 2.45) is 17.8 Å². The number of carboxylic acids is 1. The van der Waals surface area contributed by atoms with Crippen LogP contribution < -0.4 is 5.32 Å². The first-order valence-corrected chi connectivity index (χ1v) is 12.9. The average molecular weight is 515 g/mol. The number of likely N-dealkylation sites (N-methyl/N-ethyl adjacent to an activating group) is 1. The summed E-state index contributed by atoms with van der Waals surface area (Å²) in [6.07, 6.45) is -0.902. The van der Waals surface area contributed by atoms with Crippen LogP contribution in [-0.4, -0.2) is 82.3 Å². The normalized spacial score (nSPS) is 16.1. The molecule has 0 bridgehead atoms. The van der Waals surface area contributed by atoms with E-state index >= 15 is 0 Å². The topological polar surface area (TPSA) is 132 Å². The quantitative estimate of drug-likeness (QED) is 0.323. The number of carbonyl (C=O) groups is 3. The van der Waals surface area contributed by atoms with Crippen LogP contribution in [0.1, 0.15) is 76.0 Å². The predicted octanol–water partition coefficient (Wildman–Crippen LogP) is 2.80. The Morgan fingerprint density at radius 1 is 1.11 bits per heavy atom. The fourth-order valence-corrected chi connectivity index (χ4v) is 4.54. The van der Waals surface area contributed by atoms with Crippen LogP contribution in [-0.2, 0) is 14.4 Å². The Labute approximate surface area is 212 Å². The van der Waals surface area contributed by atoms with Gasteiger partial charge in [-0.3, -0.25) is 14.4 Å². The molecule has 3 N–H and O–H groups in total. The Balaban J connectivity index is 3.10. The SMILES string of the molecule is CC[C@H](C)[C@H](NC(=O)[C@H](ON(C)C)C(C)C)C(=O)N(C)[C@H](C[C@@H](O)c1nc(C(=O)O)cs1)C(C)C. The fraction of sp³-hybridized carbons (Fsp3) is 0.750. The number of thiazole rings is 1. The summed E-state index contributed by atoms with van der Waals surface area (Å²) in [5.74, 6) is -2.00. The largest absolute Gasteiger partial charge is 0.476 e. The van der Waals surface area contributed by atoms with Gasteiger partial charge in [0.25, 0.3) is 5.91 Å². The number of rotatable bonds is 14. The summed E-state index contributed by atoms with van der Waals surface area (Å²) in [6, 6.07) is -1.13. The predicted molar refractivity (Wildman–Crippen MR) is 135 cm³/mol. The van der Waals surface area contributed by atoms with Crippen molar-refractivity contribution < 1.29 is 29.4 Å². The molecule has 0 spiro atoms. The lowest BCUT2D eigenvalue weighted by Gasteiger charge is -2.37. The first-order chi connectivity index (χ1) is 16.2. The molecule has 0 saturated carbocycles. The molecule has 2 amide bonds. The second kappa shape index (κ2) is 13.9. The van der Waals surface area contributed by atoms with Crippen LogP contribution in [0.15, 0.2) is 5.38 Å². The van der Waals surface area contributed by atoms with Crippen molar-refractivity contribution in [1.82, 2.24) is 20.3 Å². The lowest BCUT2D eigenvalue weighted by atomic mass is 9.92. The van der Waals surface area contributed by atoms with Crippen LogP contribution in [0, 0.1) is 17.8 Å². The van der Waals surface area contributed by atoms with Gasteiger partial charge in [-0.2, -0.15) is 5.06 Å². The fourth-order valence-electron chi connectivity index (χ4n) is 3.75. The number of aliphatic hydroxyl groups excluding tert-OH is 1. The van der Waals surface area contributed by atoms with Crippen LogP contribution in [0.3, 0.4) is 0 Å². The van der Waals surface area contributed by atoms with Crippen LogP contribution in [0.25, 0.3) is 0 Å². The van der Waals surface area contributed by atoms with E-state index in [9.17, 15) is 19.5 Å². The molecule has 0 aliphatic heterocycles. The Morgan fingerprint density at radius 3 is 2.14 bits per heavy atom. The van der Waals surface area contributed by atoms with Gasteiger partial charge in [-0.15, -0.1) is 11.3 Å². The van der Waals surface area contributed by atoms with Gasteiger partial charge in [0, 0.05) is 39.0 Å². The molecule has 35 heavy (non-hydrogen) atoms. The summed E-state index contributed by atoms with van der Waals surface area (Å²) < 4.78 is 0. The maximum atomic E-state index is 13.6. The van der Waals surface area contributed by atoms with E-state index in [4.69, 9.17) is 9.94 Å². The minimum absolute atomic E-state index is 0.00808. The average Bonchev–Trinajstić information content (AvgIpc) is 3.28. The van der Waals surface area contributed by atoms with Gasteiger partial charge >= 0.3 is 5.97 Å². The molecule has 5 atom stereocenters. The van der Waals surface area contributed by atoms with E-state index in [2.05, 4.69) is 10.3 Å². The van der Waals surface area contributed by atoms with Crippen LogP contribution in [0.2, 0.25) is 0 Å². The Hall–Kier alpha value is -2.08. The molecule has 0 fully saturated rings. The van der Waals surface area contributed by atoms with Gasteiger partial charge in [-0.1, -0.05) is 48.0 Å². The number of aromatic carboxylic acids is 1. The molecule has 0 saturated heterocycles. The van der Waals surface area contributed by atoms with Gasteiger partial charge in [0.1, 0.15) is 17.2 Å². The monoisotopic (exact) mass is 514 g/mol. The molecular formula is C24H42N4O6S. The molecule has 0 aliphatic rings. The maximum Gasteiger partial charge on any atom is 0.355 e. The number of hydrogen-bond acceptors (Lipinski definition) is 8. The lowest BCUT2D eigenvalue weighted by molar-refractivity contribution is -0.188. The number of carboxylic acid groups (broad SMARTS) is 1. The molecule has 1 heterocycles. The Bertz CT molecular complexity index is 844. The standard InChI is InChI=1S/C24H42N4O6S/c1-10-15(6)19(26-21(30)20(14(4)5)34-27(7)8)23(31)28(9)17(13(2)3)11-18(29)22-25-16(12-35-22)24(32)33/h12-15,17-20,29H,10-11H2,1-9H3,(H,26,30)(H,32,33)/t15-,17+,18+,19-,20+/m0/s1. The third-order valence-corrected chi connectivity index (χ3v) is 7.02. The highest BCUT2D eigenvalue weighted by Crippen LogP contribution is 2.28. The third-order valence-electron chi connectivity index (χ3n) is 6.07. The number of aromatic nitrogens is 1. The Kier molecular flexibility index (Phi) is 12.3. The van der Waals surface area contributed by atoms with Gasteiger partial charge < -0.3 is 20.4 Å². The van der Waals surface area contributed by atoms with E-state index in [1.807, 2.05) is 41.5 Å². The summed E-state index contributed by atoms with van der Waals surface area (Å²) >= 11 is 1.07. The van der Waals surface area contributed by atoms with E-state index in [0.717, 1.165) is 11.3 Å². The summed E-state index contributed by atoms with van der Waals surface area (Å²) in [5.41, 5.74) is -0.117.